The molecule has 3 aromatic rings. The summed E-state index contributed by atoms with van der Waals surface area (Å²) >= 11 is 0. The van der Waals surface area contributed by atoms with Crippen LogP contribution in [0.25, 0.3) is 5.76 Å². The van der Waals surface area contributed by atoms with Crippen LogP contribution in [-0.2, 0) is 9.59 Å². The molecule has 0 aliphatic carbocycles. The fraction of sp³-hybridized carbons (Fsp3) is 0.310. The molecule has 1 amide bonds. The zero-order valence-electron chi connectivity index (χ0n) is 21.3. The second-order valence-electron chi connectivity index (χ2n) is 9.40. The lowest BCUT2D eigenvalue weighted by Crippen LogP contribution is -2.44. The number of aliphatic hydroxyl groups excluding tert-OH is 1. The number of aryl methyl sites for hydroxylation is 1. The molecule has 8 heteroatoms. The van der Waals surface area contributed by atoms with E-state index in [1.54, 1.807) is 30.3 Å². The molecule has 2 saturated heterocycles. The number of ketones is 1. The minimum atomic E-state index is -0.892. The van der Waals surface area contributed by atoms with Gasteiger partial charge < -0.3 is 24.1 Å². The van der Waals surface area contributed by atoms with Crippen molar-refractivity contribution >= 4 is 28.8 Å². The Hall–Kier alpha value is -4.04. The molecule has 1 N–H and O–H groups in total. The number of furan rings is 1. The van der Waals surface area contributed by atoms with Crippen molar-refractivity contribution in [3.05, 3.63) is 83.3 Å². The molecule has 0 radical (unpaired) electrons. The summed E-state index contributed by atoms with van der Waals surface area (Å²) in [6.07, 6.45) is 1.49. The van der Waals surface area contributed by atoms with Gasteiger partial charge in [-0.2, -0.15) is 0 Å². The Kier molecular flexibility index (Phi) is 6.76. The van der Waals surface area contributed by atoms with Gasteiger partial charge in [-0.05, 0) is 81.1 Å². The van der Waals surface area contributed by atoms with E-state index < -0.39 is 17.7 Å². The Bertz CT molecular complexity index is 1320. The summed E-state index contributed by atoms with van der Waals surface area (Å²) in [4.78, 5) is 32.7. The predicted octanol–water partition coefficient (Wildman–Crippen LogP) is 4.36. The number of carbonyl (C=O) groups excluding carboxylic acids is 2. The summed E-state index contributed by atoms with van der Waals surface area (Å²) < 4.78 is 11.3. The molecule has 37 heavy (non-hydrogen) atoms. The quantitative estimate of drug-likeness (QED) is 0.305. The van der Waals surface area contributed by atoms with Crippen LogP contribution in [0.5, 0.6) is 5.75 Å². The number of nitrogens with zero attached hydrogens (tertiary/aromatic N) is 3. The SMILES string of the molecule is CCOc1ccc(/C(O)=C2/C(=O)C(=O)N(c3ccc(N4CCN(C)CC4)cc3)C2c2ccco2)cc1C. The molecule has 1 aromatic heterocycles. The van der Waals surface area contributed by atoms with E-state index in [4.69, 9.17) is 9.15 Å². The van der Waals surface area contributed by atoms with Gasteiger partial charge in [-0.3, -0.25) is 14.5 Å². The third-order valence-electron chi connectivity index (χ3n) is 7.00. The molecule has 8 nitrogen and oxygen atoms in total. The van der Waals surface area contributed by atoms with E-state index in [-0.39, 0.29) is 11.3 Å². The third kappa shape index (κ3) is 4.60. The number of benzene rings is 2. The highest BCUT2D eigenvalue weighted by atomic mass is 16.5. The average Bonchev–Trinajstić information content (AvgIpc) is 3.52. The molecule has 1 unspecified atom stereocenters. The van der Waals surface area contributed by atoms with Crippen LogP contribution in [0, 0.1) is 6.92 Å². The summed E-state index contributed by atoms with van der Waals surface area (Å²) in [6.45, 7) is 8.10. The maximum Gasteiger partial charge on any atom is 0.300 e. The molecular weight excluding hydrogens is 470 g/mol. The molecule has 2 aliphatic heterocycles. The second-order valence-corrected chi connectivity index (χ2v) is 9.40. The van der Waals surface area contributed by atoms with Crippen molar-refractivity contribution < 1.29 is 23.8 Å². The molecule has 2 fully saturated rings. The topological polar surface area (TPSA) is 86.5 Å². The first-order chi connectivity index (χ1) is 17.9. The van der Waals surface area contributed by atoms with E-state index in [9.17, 15) is 14.7 Å². The summed E-state index contributed by atoms with van der Waals surface area (Å²) in [7, 11) is 2.11. The van der Waals surface area contributed by atoms with Crippen molar-refractivity contribution in [2.24, 2.45) is 0 Å². The van der Waals surface area contributed by atoms with E-state index in [2.05, 4.69) is 16.8 Å². The average molecular weight is 502 g/mol. The van der Waals surface area contributed by atoms with Gasteiger partial charge in [0, 0.05) is 43.1 Å². The van der Waals surface area contributed by atoms with Crippen LogP contribution in [0.4, 0.5) is 11.4 Å². The van der Waals surface area contributed by atoms with Gasteiger partial charge in [0.15, 0.2) is 0 Å². The monoisotopic (exact) mass is 501 g/mol. The zero-order chi connectivity index (χ0) is 26.1. The van der Waals surface area contributed by atoms with E-state index in [0.29, 0.717) is 29.4 Å². The highest BCUT2D eigenvalue weighted by molar-refractivity contribution is 6.51. The molecule has 2 aromatic carbocycles. The van der Waals surface area contributed by atoms with Gasteiger partial charge in [-0.15, -0.1) is 0 Å². The highest BCUT2D eigenvalue weighted by Crippen LogP contribution is 2.43. The van der Waals surface area contributed by atoms with Gasteiger partial charge in [0.2, 0.25) is 0 Å². The molecule has 2 aliphatic rings. The number of hydrogen-bond donors (Lipinski definition) is 1. The Morgan fingerprint density at radius 2 is 1.73 bits per heavy atom. The van der Waals surface area contributed by atoms with Gasteiger partial charge in [0.25, 0.3) is 11.7 Å². The Morgan fingerprint density at radius 1 is 1.03 bits per heavy atom. The summed E-state index contributed by atoms with van der Waals surface area (Å²) in [6, 6.07) is 15.3. The number of Topliss-reactive ketones (excluding diaryl/α,β-unsaturated/α-hetero) is 1. The molecule has 5 rings (SSSR count). The van der Waals surface area contributed by atoms with E-state index in [1.165, 1.54) is 11.2 Å². The van der Waals surface area contributed by atoms with Gasteiger partial charge in [-0.1, -0.05) is 0 Å². The maximum atomic E-state index is 13.3. The summed E-state index contributed by atoms with van der Waals surface area (Å²) in [5.74, 6) is -0.622. The van der Waals surface area contributed by atoms with E-state index >= 15 is 0 Å². The number of carbonyl (C=O) groups is 2. The molecule has 1 atom stereocenters. The lowest BCUT2D eigenvalue weighted by Gasteiger charge is -2.34. The normalized spacial score (nSPS) is 20.0. The lowest BCUT2D eigenvalue weighted by molar-refractivity contribution is -0.132. The summed E-state index contributed by atoms with van der Waals surface area (Å²) in [5, 5.41) is 11.3. The third-order valence-corrected chi connectivity index (χ3v) is 7.00. The lowest BCUT2D eigenvalue weighted by atomic mass is 9.98. The predicted molar refractivity (Wildman–Crippen MR) is 142 cm³/mol. The maximum absolute atomic E-state index is 13.3. The van der Waals surface area contributed by atoms with Gasteiger partial charge >= 0.3 is 0 Å². The van der Waals surface area contributed by atoms with Gasteiger partial charge in [0.05, 0.1) is 18.4 Å². The van der Waals surface area contributed by atoms with E-state index in [1.807, 2.05) is 38.1 Å². The fourth-order valence-corrected chi connectivity index (χ4v) is 4.97. The largest absolute Gasteiger partial charge is 0.507 e. The number of anilines is 2. The second kappa shape index (κ2) is 10.1. The Morgan fingerprint density at radius 3 is 2.35 bits per heavy atom. The number of aliphatic hydroxyl groups is 1. The van der Waals surface area contributed by atoms with Crippen molar-refractivity contribution in [3.63, 3.8) is 0 Å². The van der Waals surface area contributed by atoms with Crippen LogP contribution in [0.3, 0.4) is 0 Å². The van der Waals surface area contributed by atoms with Crippen LogP contribution in [0.1, 0.15) is 29.9 Å². The minimum Gasteiger partial charge on any atom is -0.507 e. The first-order valence-corrected chi connectivity index (χ1v) is 12.5. The van der Waals surface area contributed by atoms with Crippen molar-refractivity contribution in [3.8, 4) is 5.75 Å². The number of ether oxygens (including phenoxy) is 1. The molecule has 3 heterocycles. The first-order valence-electron chi connectivity index (χ1n) is 12.5. The first kappa shape index (κ1) is 24.6. The van der Waals surface area contributed by atoms with Crippen LogP contribution >= 0.6 is 0 Å². The summed E-state index contributed by atoms with van der Waals surface area (Å²) in [5.41, 5.74) is 2.86. The molecule has 0 spiro atoms. The molecule has 0 saturated carbocycles. The van der Waals surface area contributed by atoms with Gasteiger partial charge in [0.1, 0.15) is 23.3 Å². The zero-order valence-corrected chi connectivity index (χ0v) is 21.3. The van der Waals surface area contributed by atoms with Gasteiger partial charge in [-0.25, -0.2) is 0 Å². The van der Waals surface area contributed by atoms with Crippen LogP contribution in [-0.4, -0.2) is 61.5 Å². The number of likely N-dealkylation sites (N-methyl/N-ethyl adjacent to an activating group) is 1. The highest BCUT2D eigenvalue weighted by Gasteiger charge is 2.48. The minimum absolute atomic E-state index is 0.00773. The molecular formula is C29H31N3O5. The standard InChI is InChI=1S/C29H31N3O5/c1-4-36-23-12-7-20(18-19(23)2)27(33)25-26(24-6-5-17-37-24)32(29(35)28(25)34)22-10-8-21(9-11-22)31-15-13-30(3)14-16-31/h5-12,17-18,26,33H,4,13-16H2,1-3H3/b27-25-. The van der Waals surface area contributed by atoms with Crippen molar-refractivity contribution in [2.45, 2.75) is 19.9 Å². The molecule has 192 valence electrons. The van der Waals surface area contributed by atoms with E-state index in [0.717, 1.165) is 37.4 Å². The fourth-order valence-electron chi connectivity index (χ4n) is 4.97. The van der Waals surface area contributed by atoms with Crippen LogP contribution < -0.4 is 14.5 Å². The van der Waals surface area contributed by atoms with Crippen LogP contribution in [0.2, 0.25) is 0 Å². The Balaban J connectivity index is 1.53. The number of rotatable bonds is 6. The van der Waals surface area contributed by atoms with Crippen molar-refractivity contribution in [1.29, 1.82) is 0 Å². The van der Waals surface area contributed by atoms with Crippen molar-refractivity contribution in [2.75, 3.05) is 49.6 Å². The smallest absolute Gasteiger partial charge is 0.300 e. The molecule has 0 bridgehead atoms. The number of piperazine rings is 1. The van der Waals surface area contributed by atoms with Crippen LogP contribution in [0.15, 0.2) is 70.9 Å². The van der Waals surface area contributed by atoms with Crippen molar-refractivity contribution in [1.82, 2.24) is 4.90 Å². The number of hydrogen-bond acceptors (Lipinski definition) is 7. The Labute approximate surface area is 216 Å². The number of amides is 1.